The zero-order chi connectivity index (χ0) is 25.1. The first-order valence-corrected chi connectivity index (χ1v) is 11.5. The zero-order valence-corrected chi connectivity index (χ0v) is 21.4. The van der Waals surface area contributed by atoms with Gasteiger partial charge in [0, 0.05) is 16.7 Å². The van der Waals surface area contributed by atoms with E-state index in [4.69, 9.17) is 24.0 Å². The molecule has 35 heavy (non-hydrogen) atoms. The molecule has 0 aliphatic rings. The molecule has 0 amide bonds. The van der Waals surface area contributed by atoms with Gasteiger partial charge in [-0.05, 0) is 68.3 Å². The Morgan fingerprint density at radius 1 is 0.657 bits per heavy atom. The molecule has 0 saturated carbocycles. The van der Waals surface area contributed by atoms with Gasteiger partial charge in [-0.1, -0.05) is 23.8 Å². The van der Waals surface area contributed by atoms with Crippen molar-refractivity contribution in [1.82, 2.24) is 9.78 Å². The molecule has 4 aromatic rings. The van der Waals surface area contributed by atoms with Gasteiger partial charge in [0.05, 0.1) is 46.4 Å². The van der Waals surface area contributed by atoms with E-state index in [0.29, 0.717) is 29.5 Å². The van der Waals surface area contributed by atoms with E-state index in [1.165, 1.54) is 16.7 Å². The van der Waals surface area contributed by atoms with Crippen LogP contribution in [0.25, 0.3) is 22.5 Å². The van der Waals surface area contributed by atoms with Gasteiger partial charge in [-0.3, -0.25) is 4.68 Å². The molecule has 6 heteroatoms. The van der Waals surface area contributed by atoms with Gasteiger partial charge >= 0.3 is 0 Å². The molecule has 0 saturated heterocycles. The molecule has 3 aromatic carbocycles. The molecule has 0 bridgehead atoms. The van der Waals surface area contributed by atoms with Crippen LogP contribution in [0.3, 0.4) is 0 Å². The number of hydrogen-bond acceptors (Lipinski definition) is 5. The van der Waals surface area contributed by atoms with Crippen molar-refractivity contribution in [1.29, 1.82) is 0 Å². The summed E-state index contributed by atoms with van der Waals surface area (Å²) in [4.78, 5) is 0. The fourth-order valence-electron chi connectivity index (χ4n) is 4.40. The van der Waals surface area contributed by atoms with Crippen molar-refractivity contribution >= 4 is 0 Å². The molecule has 0 N–H and O–H groups in total. The van der Waals surface area contributed by atoms with Gasteiger partial charge in [0.15, 0.2) is 23.0 Å². The maximum atomic E-state index is 5.59. The van der Waals surface area contributed by atoms with Crippen LogP contribution in [-0.2, 0) is 6.54 Å². The summed E-state index contributed by atoms with van der Waals surface area (Å²) in [5, 5.41) is 5.10. The molecule has 0 fully saturated rings. The highest BCUT2D eigenvalue weighted by molar-refractivity contribution is 5.76. The van der Waals surface area contributed by atoms with Crippen LogP contribution in [-0.4, -0.2) is 38.2 Å². The van der Waals surface area contributed by atoms with E-state index in [0.717, 1.165) is 28.1 Å². The summed E-state index contributed by atoms with van der Waals surface area (Å²) in [5.41, 5.74) is 8.63. The van der Waals surface area contributed by atoms with Crippen molar-refractivity contribution in [2.24, 2.45) is 0 Å². The van der Waals surface area contributed by atoms with Crippen LogP contribution in [0.15, 0.2) is 54.6 Å². The van der Waals surface area contributed by atoms with Crippen LogP contribution in [0.4, 0.5) is 0 Å². The standard InChI is InChI=1S/C29H32N2O4/c1-18-8-9-19(2)23(14-18)17-31-29(22-11-13-25(33-5)27(16-22)35-7)20(3)28(30-31)21-10-12-24(32-4)26(15-21)34-6/h8-16H,17H2,1-7H3. The van der Waals surface area contributed by atoms with E-state index in [-0.39, 0.29) is 0 Å². The monoisotopic (exact) mass is 472 g/mol. The Morgan fingerprint density at radius 3 is 1.83 bits per heavy atom. The van der Waals surface area contributed by atoms with Crippen molar-refractivity contribution in [3.63, 3.8) is 0 Å². The number of ether oxygens (including phenoxy) is 4. The van der Waals surface area contributed by atoms with Crippen LogP contribution < -0.4 is 18.9 Å². The number of methoxy groups -OCH3 is 4. The Bertz CT molecular complexity index is 1360. The highest BCUT2D eigenvalue weighted by Gasteiger charge is 2.21. The second-order valence-corrected chi connectivity index (χ2v) is 8.55. The summed E-state index contributed by atoms with van der Waals surface area (Å²) >= 11 is 0. The van der Waals surface area contributed by atoms with Crippen molar-refractivity contribution in [3.05, 3.63) is 76.9 Å². The van der Waals surface area contributed by atoms with Crippen LogP contribution in [0, 0.1) is 20.8 Å². The fourth-order valence-corrected chi connectivity index (χ4v) is 4.40. The first-order valence-electron chi connectivity index (χ1n) is 11.5. The smallest absolute Gasteiger partial charge is 0.161 e. The van der Waals surface area contributed by atoms with Crippen molar-refractivity contribution in [2.75, 3.05) is 28.4 Å². The van der Waals surface area contributed by atoms with Crippen molar-refractivity contribution in [3.8, 4) is 45.5 Å². The first-order chi connectivity index (χ1) is 16.9. The molecule has 0 aliphatic carbocycles. The Hall–Kier alpha value is -3.93. The van der Waals surface area contributed by atoms with Crippen molar-refractivity contribution < 1.29 is 18.9 Å². The number of nitrogens with zero attached hydrogens (tertiary/aromatic N) is 2. The molecular formula is C29H32N2O4. The van der Waals surface area contributed by atoms with E-state index in [1.807, 2.05) is 36.4 Å². The van der Waals surface area contributed by atoms with Gasteiger partial charge in [0.2, 0.25) is 0 Å². The highest BCUT2D eigenvalue weighted by Crippen LogP contribution is 2.39. The third-order valence-electron chi connectivity index (χ3n) is 6.33. The van der Waals surface area contributed by atoms with Gasteiger partial charge in [-0.2, -0.15) is 5.10 Å². The lowest BCUT2D eigenvalue weighted by molar-refractivity contribution is 0.355. The average Bonchev–Trinajstić information content (AvgIpc) is 3.20. The SMILES string of the molecule is COc1ccc(-c2nn(Cc3cc(C)ccc3C)c(-c3ccc(OC)c(OC)c3)c2C)cc1OC. The van der Waals surface area contributed by atoms with Crippen LogP contribution >= 0.6 is 0 Å². The summed E-state index contributed by atoms with van der Waals surface area (Å²) in [6, 6.07) is 18.4. The molecule has 4 rings (SSSR count). The molecule has 0 unspecified atom stereocenters. The topological polar surface area (TPSA) is 54.7 Å². The second-order valence-electron chi connectivity index (χ2n) is 8.55. The molecule has 182 valence electrons. The molecular weight excluding hydrogens is 440 g/mol. The summed E-state index contributed by atoms with van der Waals surface area (Å²) in [6.45, 7) is 6.99. The fraction of sp³-hybridized carbons (Fsp3) is 0.276. The lowest BCUT2D eigenvalue weighted by Crippen LogP contribution is -2.06. The molecule has 0 spiro atoms. The molecule has 0 radical (unpaired) electrons. The van der Waals surface area contributed by atoms with Crippen molar-refractivity contribution in [2.45, 2.75) is 27.3 Å². The lowest BCUT2D eigenvalue weighted by Gasteiger charge is -2.14. The van der Waals surface area contributed by atoms with Crippen LogP contribution in [0.5, 0.6) is 23.0 Å². The lowest BCUT2D eigenvalue weighted by atomic mass is 10.0. The normalized spacial score (nSPS) is 10.8. The summed E-state index contributed by atoms with van der Waals surface area (Å²) in [6.07, 6.45) is 0. The quantitative estimate of drug-likeness (QED) is 0.304. The largest absolute Gasteiger partial charge is 0.493 e. The summed E-state index contributed by atoms with van der Waals surface area (Å²) < 4.78 is 24.1. The predicted molar refractivity (Wildman–Crippen MR) is 139 cm³/mol. The average molecular weight is 473 g/mol. The van der Waals surface area contributed by atoms with E-state index < -0.39 is 0 Å². The Kier molecular flexibility index (Phi) is 7.01. The van der Waals surface area contributed by atoms with Crippen LogP contribution in [0.1, 0.15) is 22.3 Å². The predicted octanol–water partition coefficient (Wildman–Crippen LogP) is 6.23. The summed E-state index contributed by atoms with van der Waals surface area (Å²) in [7, 11) is 6.57. The zero-order valence-electron chi connectivity index (χ0n) is 21.4. The Morgan fingerprint density at radius 2 is 1.23 bits per heavy atom. The van der Waals surface area contributed by atoms with Crippen LogP contribution in [0.2, 0.25) is 0 Å². The van der Waals surface area contributed by atoms with Gasteiger partial charge in [0.25, 0.3) is 0 Å². The minimum absolute atomic E-state index is 0.644. The Labute approximate surface area is 207 Å². The molecule has 6 nitrogen and oxygen atoms in total. The minimum atomic E-state index is 0.644. The van der Waals surface area contributed by atoms with Gasteiger partial charge in [-0.15, -0.1) is 0 Å². The maximum absolute atomic E-state index is 5.59. The van der Waals surface area contributed by atoms with E-state index in [1.54, 1.807) is 28.4 Å². The number of rotatable bonds is 8. The third kappa shape index (κ3) is 4.69. The summed E-state index contributed by atoms with van der Waals surface area (Å²) in [5.74, 6) is 2.72. The van der Waals surface area contributed by atoms with Gasteiger partial charge in [0.1, 0.15) is 0 Å². The number of aryl methyl sites for hydroxylation is 2. The maximum Gasteiger partial charge on any atom is 0.161 e. The number of hydrogen-bond donors (Lipinski definition) is 0. The minimum Gasteiger partial charge on any atom is -0.493 e. The van der Waals surface area contributed by atoms with E-state index in [2.05, 4.69) is 43.7 Å². The van der Waals surface area contributed by atoms with Gasteiger partial charge < -0.3 is 18.9 Å². The second kappa shape index (κ2) is 10.1. The Balaban J connectivity index is 1.92. The highest BCUT2D eigenvalue weighted by atomic mass is 16.5. The molecule has 0 aliphatic heterocycles. The first kappa shape index (κ1) is 24.2. The van der Waals surface area contributed by atoms with E-state index in [9.17, 15) is 0 Å². The van der Waals surface area contributed by atoms with E-state index >= 15 is 0 Å². The molecule has 1 aromatic heterocycles. The molecule has 1 heterocycles. The van der Waals surface area contributed by atoms with Gasteiger partial charge in [-0.25, -0.2) is 0 Å². The third-order valence-corrected chi connectivity index (χ3v) is 6.33. The molecule has 0 atom stereocenters. The number of aromatic nitrogens is 2. The number of benzene rings is 3.